The Morgan fingerprint density at radius 3 is 2.46 bits per heavy atom. The molecule has 0 saturated carbocycles. The maximum Gasteiger partial charge on any atom is 0.251 e. The van der Waals surface area contributed by atoms with Gasteiger partial charge in [0, 0.05) is 44.6 Å². The fraction of sp³-hybridized carbons (Fsp3) is 0.238. The average molecular weight is 378 g/mol. The van der Waals surface area contributed by atoms with E-state index >= 15 is 0 Å². The Labute approximate surface area is 163 Å². The normalized spacial score (nSPS) is 10.5. The van der Waals surface area contributed by atoms with E-state index in [0.717, 1.165) is 11.1 Å². The molecule has 0 aliphatic carbocycles. The van der Waals surface area contributed by atoms with E-state index in [-0.39, 0.29) is 18.2 Å². The van der Waals surface area contributed by atoms with Crippen LogP contribution in [0.3, 0.4) is 0 Å². The Morgan fingerprint density at radius 2 is 1.79 bits per heavy atom. The van der Waals surface area contributed by atoms with Crippen molar-refractivity contribution in [1.29, 1.82) is 0 Å². The zero-order valence-electron chi connectivity index (χ0n) is 15.9. The van der Waals surface area contributed by atoms with E-state index in [4.69, 9.17) is 4.52 Å². The molecule has 0 aliphatic heterocycles. The van der Waals surface area contributed by atoms with Gasteiger partial charge in [-0.3, -0.25) is 9.59 Å². The number of nitrogens with one attached hydrogen (secondary N) is 1. The Balaban J connectivity index is 1.52. The largest absolute Gasteiger partial charge is 0.355 e. The van der Waals surface area contributed by atoms with Gasteiger partial charge in [-0.05, 0) is 17.7 Å². The van der Waals surface area contributed by atoms with Crippen LogP contribution < -0.4 is 5.32 Å². The van der Waals surface area contributed by atoms with Crippen LogP contribution in [0.2, 0.25) is 0 Å². The number of benzene rings is 2. The fourth-order valence-electron chi connectivity index (χ4n) is 2.73. The maximum atomic E-state index is 12.4. The number of aromatic nitrogens is 2. The van der Waals surface area contributed by atoms with Crippen LogP contribution in [-0.2, 0) is 17.8 Å². The molecule has 1 aromatic heterocycles. The first kappa shape index (κ1) is 19.3. The summed E-state index contributed by atoms with van der Waals surface area (Å²) in [7, 11) is 3.34. The first-order chi connectivity index (χ1) is 13.6. The molecule has 3 rings (SSSR count). The van der Waals surface area contributed by atoms with E-state index in [1.54, 1.807) is 31.1 Å². The van der Waals surface area contributed by atoms with Crippen molar-refractivity contribution < 1.29 is 14.1 Å². The lowest BCUT2D eigenvalue weighted by atomic mass is 10.1. The minimum atomic E-state index is -0.134. The van der Waals surface area contributed by atoms with Crippen molar-refractivity contribution in [3.63, 3.8) is 0 Å². The van der Waals surface area contributed by atoms with E-state index in [1.165, 1.54) is 0 Å². The van der Waals surface area contributed by atoms with Gasteiger partial charge in [0.15, 0.2) is 0 Å². The van der Waals surface area contributed by atoms with Gasteiger partial charge in [0.05, 0.1) is 0 Å². The molecule has 0 unspecified atom stereocenters. The molecule has 1 heterocycles. The van der Waals surface area contributed by atoms with Crippen molar-refractivity contribution in [1.82, 2.24) is 20.4 Å². The summed E-state index contributed by atoms with van der Waals surface area (Å²) in [5.41, 5.74) is 2.42. The molecule has 7 heteroatoms. The Kier molecular flexibility index (Phi) is 6.16. The summed E-state index contributed by atoms with van der Waals surface area (Å²) in [6.45, 7) is 0.464. The van der Waals surface area contributed by atoms with E-state index in [0.29, 0.717) is 30.2 Å². The first-order valence-corrected chi connectivity index (χ1v) is 9.00. The standard InChI is InChI=1S/C21H22N4O3/c1-22-21(27)17-10-8-15(9-11-17)14-25(2)19(26)13-12-18-23-20(24-28-18)16-6-4-3-5-7-16/h3-11H,12-14H2,1-2H3,(H,22,27). The van der Waals surface area contributed by atoms with E-state index in [2.05, 4.69) is 15.5 Å². The summed E-state index contributed by atoms with van der Waals surface area (Å²) in [4.78, 5) is 29.9. The highest BCUT2D eigenvalue weighted by atomic mass is 16.5. The minimum Gasteiger partial charge on any atom is -0.355 e. The molecule has 0 radical (unpaired) electrons. The van der Waals surface area contributed by atoms with Crippen molar-refractivity contribution in [3.8, 4) is 11.4 Å². The van der Waals surface area contributed by atoms with Gasteiger partial charge in [-0.2, -0.15) is 4.98 Å². The number of amides is 2. The molecule has 0 fully saturated rings. The van der Waals surface area contributed by atoms with E-state index < -0.39 is 0 Å². The molecule has 1 N–H and O–H groups in total. The molecule has 3 aromatic rings. The SMILES string of the molecule is CNC(=O)c1ccc(CN(C)C(=O)CCc2nc(-c3ccccc3)no2)cc1. The summed E-state index contributed by atoms with van der Waals surface area (Å²) in [5, 5.41) is 6.54. The summed E-state index contributed by atoms with van der Waals surface area (Å²) in [6, 6.07) is 16.7. The molecule has 2 aromatic carbocycles. The molecule has 28 heavy (non-hydrogen) atoms. The lowest BCUT2D eigenvalue weighted by Gasteiger charge is -2.17. The van der Waals surface area contributed by atoms with Gasteiger partial charge in [-0.25, -0.2) is 0 Å². The molecule has 0 spiro atoms. The van der Waals surface area contributed by atoms with Gasteiger partial charge in [-0.1, -0.05) is 47.6 Å². The van der Waals surface area contributed by atoms with Crippen LogP contribution in [0, 0.1) is 0 Å². The fourth-order valence-corrected chi connectivity index (χ4v) is 2.73. The molecular formula is C21H22N4O3. The molecule has 0 atom stereocenters. The summed E-state index contributed by atoms with van der Waals surface area (Å²) >= 11 is 0. The van der Waals surface area contributed by atoms with Crippen molar-refractivity contribution in [2.24, 2.45) is 0 Å². The third-order valence-corrected chi connectivity index (χ3v) is 4.34. The van der Waals surface area contributed by atoms with Gasteiger partial charge < -0.3 is 14.7 Å². The summed E-state index contributed by atoms with van der Waals surface area (Å²) in [5.74, 6) is 0.809. The zero-order valence-corrected chi connectivity index (χ0v) is 15.9. The number of hydrogen-bond acceptors (Lipinski definition) is 5. The third-order valence-electron chi connectivity index (χ3n) is 4.34. The van der Waals surface area contributed by atoms with Gasteiger partial charge in [0.25, 0.3) is 5.91 Å². The molecule has 2 amide bonds. The van der Waals surface area contributed by atoms with Crippen LogP contribution in [0.15, 0.2) is 59.1 Å². The summed E-state index contributed by atoms with van der Waals surface area (Å²) < 4.78 is 5.24. The number of hydrogen-bond donors (Lipinski definition) is 1. The number of rotatable bonds is 7. The van der Waals surface area contributed by atoms with Crippen LogP contribution in [-0.4, -0.2) is 41.0 Å². The monoisotopic (exact) mass is 378 g/mol. The number of nitrogens with zero attached hydrogens (tertiary/aromatic N) is 3. The summed E-state index contributed by atoms with van der Waals surface area (Å²) in [6.07, 6.45) is 0.669. The third kappa shape index (κ3) is 4.82. The van der Waals surface area contributed by atoms with Crippen LogP contribution in [0.25, 0.3) is 11.4 Å². The second-order valence-electron chi connectivity index (χ2n) is 6.40. The molecule has 0 saturated heterocycles. The average Bonchev–Trinajstić information content (AvgIpc) is 3.21. The highest BCUT2D eigenvalue weighted by Gasteiger charge is 2.14. The Bertz CT molecular complexity index is 936. The van der Waals surface area contributed by atoms with Gasteiger partial charge in [0.1, 0.15) is 0 Å². The number of carbonyl (C=O) groups excluding carboxylic acids is 2. The predicted octanol–water partition coefficient (Wildman–Crippen LogP) is 2.69. The highest BCUT2D eigenvalue weighted by molar-refractivity contribution is 5.93. The van der Waals surface area contributed by atoms with Crippen molar-refractivity contribution in [3.05, 3.63) is 71.6 Å². The van der Waals surface area contributed by atoms with E-state index in [1.807, 2.05) is 42.5 Å². The van der Waals surface area contributed by atoms with E-state index in [9.17, 15) is 9.59 Å². The van der Waals surface area contributed by atoms with Gasteiger partial charge in [-0.15, -0.1) is 0 Å². The zero-order chi connectivity index (χ0) is 19.9. The molecule has 144 valence electrons. The van der Waals surface area contributed by atoms with Gasteiger partial charge >= 0.3 is 0 Å². The molecule has 0 aliphatic rings. The predicted molar refractivity (Wildman–Crippen MR) is 104 cm³/mol. The Hall–Kier alpha value is -3.48. The first-order valence-electron chi connectivity index (χ1n) is 9.00. The highest BCUT2D eigenvalue weighted by Crippen LogP contribution is 2.16. The smallest absolute Gasteiger partial charge is 0.251 e. The number of carbonyl (C=O) groups is 2. The van der Waals surface area contributed by atoms with Crippen LogP contribution in [0.4, 0.5) is 0 Å². The lowest BCUT2D eigenvalue weighted by Crippen LogP contribution is -2.26. The van der Waals surface area contributed by atoms with Crippen molar-refractivity contribution in [2.45, 2.75) is 19.4 Å². The van der Waals surface area contributed by atoms with Gasteiger partial charge in [0.2, 0.25) is 17.6 Å². The molecule has 0 bridgehead atoms. The second kappa shape index (κ2) is 8.94. The van der Waals surface area contributed by atoms with Crippen molar-refractivity contribution >= 4 is 11.8 Å². The van der Waals surface area contributed by atoms with Crippen LogP contribution in [0.5, 0.6) is 0 Å². The van der Waals surface area contributed by atoms with Crippen LogP contribution in [0.1, 0.15) is 28.2 Å². The number of aryl methyl sites for hydroxylation is 1. The van der Waals surface area contributed by atoms with Crippen molar-refractivity contribution in [2.75, 3.05) is 14.1 Å². The Morgan fingerprint density at radius 1 is 1.07 bits per heavy atom. The minimum absolute atomic E-state index is 0.0187. The van der Waals surface area contributed by atoms with Crippen LogP contribution >= 0.6 is 0 Å². The maximum absolute atomic E-state index is 12.4. The quantitative estimate of drug-likeness (QED) is 0.683. The lowest BCUT2D eigenvalue weighted by molar-refractivity contribution is -0.130. The molecular weight excluding hydrogens is 356 g/mol. The topological polar surface area (TPSA) is 88.3 Å². The molecule has 7 nitrogen and oxygen atoms in total. The second-order valence-corrected chi connectivity index (χ2v) is 6.40.